The molecule has 1 aromatic rings. The van der Waals surface area contributed by atoms with Crippen LogP contribution in [0, 0.1) is 0 Å². The quantitative estimate of drug-likeness (QED) is 0.722. The summed E-state index contributed by atoms with van der Waals surface area (Å²) in [4.78, 5) is 11.1. The Hall–Kier alpha value is -1.40. The zero-order chi connectivity index (χ0) is 12.2. The van der Waals surface area contributed by atoms with E-state index in [1.54, 1.807) is 24.3 Å². The van der Waals surface area contributed by atoms with Gasteiger partial charge in [0.05, 0.1) is 25.5 Å². The van der Waals surface area contributed by atoms with E-state index >= 15 is 0 Å². The minimum atomic E-state index is -3.32. The van der Waals surface area contributed by atoms with Crippen LogP contribution >= 0.6 is 0 Å². The third kappa shape index (κ3) is 4.00. The van der Waals surface area contributed by atoms with Crippen LogP contribution in [0.25, 0.3) is 0 Å². The first-order chi connectivity index (χ1) is 7.42. The number of benzene rings is 1. The van der Waals surface area contributed by atoms with E-state index in [0.29, 0.717) is 5.56 Å². The van der Waals surface area contributed by atoms with Gasteiger partial charge in [-0.3, -0.25) is 0 Å². The van der Waals surface area contributed by atoms with Gasteiger partial charge < -0.3 is 4.74 Å². The van der Waals surface area contributed by atoms with Gasteiger partial charge in [0, 0.05) is 0 Å². The predicted octanol–water partition coefficient (Wildman–Crippen LogP) is 0.537. The Morgan fingerprint density at radius 2 is 1.88 bits per heavy atom. The number of hydrogen-bond donors (Lipinski definition) is 0. The summed E-state index contributed by atoms with van der Waals surface area (Å²) in [6.45, 7) is 0.0836. The molecular formula is C10H12NO4S. The van der Waals surface area contributed by atoms with Gasteiger partial charge >= 0.3 is 5.97 Å². The zero-order valence-corrected chi connectivity index (χ0v) is 9.82. The van der Waals surface area contributed by atoms with E-state index in [0.717, 1.165) is 11.8 Å². The van der Waals surface area contributed by atoms with Crippen molar-refractivity contribution in [3.05, 3.63) is 35.4 Å². The van der Waals surface area contributed by atoms with Crippen LogP contribution in [0.2, 0.25) is 0 Å². The number of nitrogens with zero attached hydrogens (tertiary/aromatic N) is 1. The molecule has 0 aromatic heterocycles. The average molecular weight is 242 g/mol. The highest BCUT2D eigenvalue weighted by atomic mass is 32.2. The van der Waals surface area contributed by atoms with Crippen molar-refractivity contribution in [3.63, 3.8) is 0 Å². The second kappa shape index (κ2) is 5.09. The number of rotatable bonds is 4. The average Bonchev–Trinajstić information content (AvgIpc) is 2.25. The van der Waals surface area contributed by atoms with Crippen LogP contribution in [0.15, 0.2) is 24.3 Å². The summed E-state index contributed by atoms with van der Waals surface area (Å²) in [5.41, 5.74) is 1.14. The van der Waals surface area contributed by atoms with Crippen LogP contribution < -0.4 is 4.72 Å². The Balaban J connectivity index is 2.69. The van der Waals surface area contributed by atoms with Gasteiger partial charge in [0.2, 0.25) is 10.0 Å². The summed E-state index contributed by atoms with van der Waals surface area (Å²) >= 11 is 0. The molecule has 0 saturated carbocycles. The molecule has 5 nitrogen and oxygen atoms in total. The maximum absolute atomic E-state index is 11.1. The summed E-state index contributed by atoms with van der Waals surface area (Å²) in [6, 6.07) is 6.42. The first-order valence-corrected chi connectivity index (χ1v) is 6.33. The van der Waals surface area contributed by atoms with Gasteiger partial charge in [0.1, 0.15) is 0 Å². The Bertz CT molecular complexity index is 464. The molecule has 1 aromatic carbocycles. The van der Waals surface area contributed by atoms with Crippen molar-refractivity contribution in [2.45, 2.75) is 6.54 Å². The number of hydrogen-bond acceptors (Lipinski definition) is 4. The molecule has 0 bridgehead atoms. The van der Waals surface area contributed by atoms with Gasteiger partial charge in [-0.1, -0.05) is 12.1 Å². The van der Waals surface area contributed by atoms with Crippen molar-refractivity contribution in [1.29, 1.82) is 0 Å². The molecule has 87 valence electrons. The van der Waals surface area contributed by atoms with Crippen molar-refractivity contribution in [2.24, 2.45) is 0 Å². The molecule has 1 radical (unpaired) electrons. The molecule has 0 N–H and O–H groups in total. The van der Waals surface area contributed by atoms with Crippen LogP contribution in [-0.4, -0.2) is 27.8 Å². The van der Waals surface area contributed by atoms with Crippen LogP contribution in [0.3, 0.4) is 0 Å². The number of esters is 1. The third-order valence-electron chi connectivity index (χ3n) is 1.86. The van der Waals surface area contributed by atoms with Crippen LogP contribution in [0.4, 0.5) is 0 Å². The molecule has 0 unspecified atom stereocenters. The molecule has 0 spiro atoms. The van der Waals surface area contributed by atoms with Crippen molar-refractivity contribution in [3.8, 4) is 0 Å². The highest BCUT2D eigenvalue weighted by Gasteiger charge is 2.06. The van der Waals surface area contributed by atoms with Gasteiger partial charge in [-0.25, -0.2) is 13.2 Å². The van der Waals surface area contributed by atoms with E-state index in [-0.39, 0.29) is 6.54 Å². The lowest BCUT2D eigenvalue weighted by molar-refractivity contribution is 0.0600. The summed E-state index contributed by atoms with van der Waals surface area (Å²) in [5, 5.41) is 0. The Kier molecular flexibility index (Phi) is 4.03. The van der Waals surface area contributed by atoms with E-state index < -0.39 is 16.0 Å². The van der Waals surface area contributed by atoms with Crippen LogP contribution in [0.1, 0.15) is 15.9 Å². The van der Waals surface area contributed by atoms with Gasteiger partial charge in [0.15, 0.2) is 0 Å². The lowest BCUT2D eigenvalue weighted by Gasteiger charge is -2.02. The van der Waals surface area contributed by atoms with Crippen LogP contribution in [0.5, 0.6) is 0 Å². The topological polar surface area (TPSA) is 74.5 Å². The Labute approximate surface area is 94.5 Å². The van der Waals surface area contributed by atoms with E-state index in [1.807, 2.05) is 0 Å². The smallest absolute Gasteiger partial charge is 0.337 e. The van der Waals surface area contributed by atoms with Crippen molar-refractivity contribution in [1.82, 2.24) is 4.72 Å². The molecule has 1 rings (SSSR count). The number of sulfonamides is 1. The fourth-order valence-electron chi connectivity index (χ4n) is 1.06. The standard InChI is InChI=1S/C10H12NO4S/c1-15-10(12)9-5-3-8(4-6-9)7-11-16(2,13)14/h3-6H,7H2,1-2H3. The molecule has 0 aliphatic heterocycles. The normalized spacial score (nSPS) is 11.1. The lowest BCUT2D eigenvalue weighted by Crippen LogP contribution is -2.13. The fourth-order valence-corrected chi connectivity index (χ4v) is 1.44. The minimum Gasteiger partial charge on any atom is -0.465 e. The fraction of sp³-hybridized carbons (Fsp3) is 0.300. The maximum Gasteiger partial charge on any atom is 0.337 e. The second-order valence-corrected chi connectivity index (χ2v) is 4.93. The van der Waals surface area contributed by atoms with E-state index in [2.05, 4.69) is 9.46 Å². The van der Waals surface area contributed by atoms with Gasteiger partial charge in [0.25, 0.3) is 0 Å². The molecule has 0 aliphatic carbocycles. The molecule has 0 saturated heterocycles. The monoisotopic (exact) mass is 242 g/mol. The molecule has 0 atom stereocenters. The Morgan fingerprint density at radius 3 is 2.31 bits per heavy atom. The second-order valence-electron chi connectivity index (χ2n) is 3.21. The SMILES string of the molecule is COC(=O)c1ccc(C[N]S(C)(=O)=O)cc1. The summed E-state index contributed by atoms with van der Waals surface area (Å²) in [6.07, 6.45) is 1.04. The summed E-state index contributed by atoms with van der Waals surface area (Å²) in [7, 11) is -2.02. The summed E-state index contributed by atoms with van der Waals surface area (Å²) in [5.74, 6) is -0.424. The molecular weight excluding hydrogens is 230 g/mol. The predicted molar refractivity (Wildman–Crippen MR) is 58.5 cm³/mol. The third-order valence-corrected chi connectivity index (χ3v) is 2.45. The first kappa shape index (κ1) is 12.7. The van der Waals surface area contributed by atoms with Crippen LogP contribution in [-0.2, 0) is 21.3 Å². The summed E-state index contributed by atoms with van der Waals surface area (Å²) < 4.78 is 29.6. The number of carbonyl (C=O) groups excluding carboxylic acids is 1. The minimum absolute atomic E-state index is 0.0836. The number of methoxy groups -OCH3 is 1. The molecule has 0 amide bonds. The number of carbonyl (C=O) groups is 1. The molecule has 0 fully saturated rings. The first-order valence-electron chi connectivity index (χ1n) is 4.48. The van der Waals surface area contributed by atoms with Crippen molar-refractivity contribution < 1.29 is 17.9 Å². The molecule has 0 aliphatic rings. The van der Waals surface area contributed by atoms with Crippen molar-refractivity contribution >= 4 is 16.0 Å². The molecule has 16 heavy (non-hydrogen) atoms. The lowest BCUT2D eigenvalue weighted by atomic mass is 10.1. The Morgan fingerprint density at radius 1 is 1.31 bits per heavy atom. The largest absolute Gasteiger partial charge is 0.465 e. The maximum atomic E-state index is 11.1. The highest BCUT2D eigenvalue weighted by Crippen LogP contribution is 2.06. The van der Waals surface area contributed by atoms with Gasteiger partial charge in [-0.05, 0) is 17.7 Å². The molecule has 6 heteroatoms. The number of ether oxygens (including phenoxy) is 1. The highest BCUT2D eigenvalue weighted by molar-refractivity contribution is 7.88. The van der Waals surface area contributed by atoms with Gasteiger partial charge in [-0.2, -0.15) is 0 Å². The zero-order valence-electron chi connectivity index (χ0n) is 9.00. The van der Waals surface area contributed by atoms with E-state index in [1.165, 1.54) is 7.11 Å². The molecule has 0 heterocycles. The van der Waals surface area contributed by atoms with E-state index in [4.69, 9.17) is 0 Å². The van der Waals surface area contributed by atoms with E-state index in [9.17, 15) is 13.2 Å². The van der Waals surface area contributed by atoms with Crippen molar-refractivity contribution in [2.75, 3.05) is 13.4 Å². The van der Waals surface area contributed by atoms with Gasteiger partial charge in [-0.15, -0.1) is 4.72 Å².